The van der Waals surface area contributed by atoms with E-state index in [9.17, 15) is 0 Å². The lowest BCUT2D eigenvalue weighted by Crippen LogP contribution is -2.30. The van der Waals surface area contributed by atoms with E-state index in [0.717, 1.165) is 28.5 Å². The second-order valence-electron chi connectivity index (χ2n) is 9.24. The van der Waals surface area contributed by atoms with E-state index in [4.69, 9.17) is 17.2 Å². The summed E-state index contributed by atoms with van der Waals surface area (Å²) in [4.78, 5) is 9.02. The molecule has 0 unspecified atom stereocenters. The van der Waals surface area contributed by atoms with Gasteiger partial charge in [0.05, 0.1) is 11.7 Å². The summed E-state index contributed by atoms with van der Waals surface area (Å²) in [6.45, 7) is 0. The first-order valence-corrected chi connectivity index (χ1v) is 12.5. The summed E-state index contributed by atoms with van der Waals surface area (Å²) in [6.07, 6.45) is 3.97. The summed E-state index contributed by atoms with van der Waals surface area (Å²) in [5.74, 6) is 0. The summed E-state index contributed by atoms with van der Waals surface area (Å²) >= 11 is 5.93. The van der Waals surface area contributed by atoms with Gasteiger partial charge in [-0.25, -0.2) is 0 Å². The Balaban J connectivity index is 1.49. The van der Waals surface area contributed by atoms with Gasteiger partial charge < -0.3 is 19.7 Å². The molecule has 0 bridgehead atoms. The van der Waals surface area contributed by atoms with Crippen LogP contribution in [0.5, 0.6) is 0 Å². The summed E-state index contributed by atoms with van der Waals surface area (Å²) in [5.41, 5.74) is 5.42. The predicted molar refractivity (Wildman–Crippen MR) is 152 cm³/mol. The summed E-state index contributed by atoms with van der Waals surface area (Å²) < 4.78 is 2.27. The first kappa shape index (κ1) is 22.3. The monoisotopic (exact) mass is 489 g/mol. The topological polar surface area (TPSA) is 36.3 Å². The van der Waals surface area contributed by atoms with Crippen LogP contribution in [0.3, 0.4) is 0 Å². The number of nitrogens with one attached hydrogen (secondary N) is 1. The van der Waals surface area contributed by atoms with E-state index in [0.29, 0.717) is 5.11 Å². The number of anilines is 2. The second kappa shape index (κ2) is 9.13. The van der Waals surface area contributed by atoms with Crippen LogP contribution in [0.4, 0.5) is 11.4 Å². The van der Waals surface area contributed by atoms with Crippen LogP contribution in [0.2, 0.25) is 0 Å². The molecule has 178 valence electrons. The van der Waals surface area contributed by atoms with Crippen LogP contribution in [0.25, 0.3) is 16.5 Å². The van der Waals surface area contributed by atoms with Gasteiger partial charge in [0.2, 0.25) is 0 Å². The van der Waals surface area contributed by atoms with Crippen molar-refractivity contribution in [1.82, 2.24) is 14.9 Å². The Hall–Kier alpha value is -4.16. The van der Waals surface area contributed by atoms with Crippen molar-refractivity contribution >= 4 is 39.5 Å². The van der Waals surface area contributed by atoms with Crippen molar-refractivity contribution in [1.29, 1.82) is 0 Å². The van der Waals surface area contributed by atoms with Crippen LogP contribution in [0, 0.1) is 0 Å². The zero-order valence-corrected chi connectivity index (χ0v) is 21.1. The zero-order valence-electron chi connectivity index (χ0n) is 20.2. The Morgan fingerprint density at radius 1 is 0.806 bits per heavy atom. The van der Waals surface area contributed by atoms with E-state index in [-0.39, 0.29) is 12.1 Å². The van der Waals surface area contributed by atoms with E-state index in [1.54, 1.807) is 0 Å². The van der Waals surface area contributed by atoms with Gasteiger partial charge >= 0.3 is 0 Å². The highest BCUT2D eigenvalue weighted by Gasteiger charge is 2.42. The first-order valence-electron chi connectivity index (χ1n) is 12.0. The lowest BCUT2D eigenvalue weighted by molar-refractivity contribution is 0.549. The molecule has 0 radical (unpaired) electrons. The highest BCUT2D eigenvalue weighted by Crippen LogP contribution is 2.42. The third-order valence-corrected chi connectivity index (χ3v) is 7.15. The van der Waals surface area contributed by atoms with Gasteiger partial charge in [0.25, 0.3) is 0 Å². The van der Waals surface area contributed by atoms with Crippen LogP contribution in [0.15, 0.2) is 109 Å². The Kier molecular flexibility index (Phi) is 5.66. The maximum Gasteiger partial charge on any atom is 0.174 e. The molecule has 0 aliphatic carbocycles. The molecule has 1 N–H and O–H groups in total. The molecule has 2 aromatic heterocycles. The number of pyridine rings is 1. The Morgan fingerprint density at radius 3 is 2.31 bits per heavy atom. The first-order chi connectivity index (χ1) is 17.6. The van der Waals surface area contributed by atoms with Gasteiger partial charge in [-0.2, -0.15) is 0 Å². The van der Waals surface area contributed by atoms with Crippen molar-refractivity contribution in [2.24, 2.45) is 0 Å². The maximum atomic E-state index is 5.93. The maximum absolute atomic E-state index is 5.93. The van der Waals surface area contributed by atoms with E-state index < -0.39 is 0 Å². The second-order valence-corrected chi connectivity index (χ2v) is 9.63. The van der Waals surface area contributed by atoms with Gasteiger partial charge in [-0.1, -0.05) is 36.4 Å². The van der Waals surface area contributed by atoms with Crippen LogP contribution >= 0.6 is 12.2 Å². The summed E-state index contributed by atoms with van der Waals surface area (Å²) in [5, 5.41) is 6.71. The molecule has 36 heavy (non-hydrogen) atoms. The molecule has 1 aliphatic rings. The molecule has 0 amide bonds. The molecule has 3 heterocycles. The summed E-state index contributed by atoms with van der Waals surface area (Å²) in [7, 11) is 4.10. The zero-order chi connectivity index (χ0) is 24.6. The number of hydrogen-bond acceptors (Lipinski definition) is 3. The fourth-order valence-corrected chi connectivity index (χ4v) is 5.39. The van der Waals surface area contributed by atoms with E-state index in [1.807, 2.05) is 32.4 Å². The Labute approximate surface area is 216 Å². The van der Waals surface area contributed by atoms with Gasteiger partial charge in [0.1, 0.15) is 6.04 Å². The van der Waals surface area contributed by atoms with Crippen LogP contribution in [0.1, 0.15) is 23.5 Å². The van der Waals surface area contributed by atoms with E-state index >= 15 is 0 Å². The van der Waals surface area contributed by atoms with Crippen molar-refractivity contribution in [2.45, 2.75) is 12.1 Å². The molecule has 6 rings (SSSR count). The van der Waals surface area contributed by atoms with Gasteiger partial charge in [0, 0.05) is 49.2 Å². The normalized spacial score (nSPS) is 17.4. The molecular formula is C30H27N5S. The fraction of sp³-hybridized carbons (Fsp3) is 0.133. The number of rotatable bonds is 5. The van der Waals surface area contributed by atoms with E-state index in [2.05, 4.69) is 111 Å². The minimum Gasteiger partial charge on any atom is -0.378 e. The highest BCUT2D eigenvalue weighted by molar-refractivity contribution is 7.80. The minimum atomic E-state index is -0.0960. The predicted octanol–water partition coefficient (Wildman–Crippen LogP) is 6.27. The van der Waals surface area contributed by atoms with Gasteiger partial charge in [-0.15, -0.1) is 0 Å². The third-order valence-electron chi connectivity index (χ3n) is 6.84. The average molecular weight is 490 g/mol. The van der Waals surface area contributed by atoms with Crippen molar-refractivity contribution < 1.29 is 0 Å². The molecule has 5 nitrogen and oxygen atoms in total. The number of aromatic nitrogens is 2. The smallest absolute Gasteiger partial charge is 0.174 e. The van der Waals surface area contributed by atoms with Crippen LogP contribution < -0.4 is 15.1 Å². The van der Waals surface area contributed by atoms with Crippen molar-refractivity contribution in [3.63, 3.8) is 0 Å². The number of hydrogen-bond donors (Lipinski definition) is 1. The number of benzene rings is 3. The van der Waals surface area contributed by atoms with Crippen molar-refractivity contribution in [3.8, 4) is 5.69 Å². The van der Waals surface area contributed by atoms with Crippen molar-refractivity contribution in [3.05, 3.63) is 121 Å². The van der Waals surface area contributed by atoms with Gasteiger partial charge in [-0.05, 0) is 83.7 Å². The average Bonchev–Trinajstić information content (AvgIpc) is 3.53. The quantitative estimate of drug-likeness (QED) is 0.295. The van der Waals surface area contributed by atoms with E-state index in [1.165, 1.54) is 10.8 Å². The standard InChI is InChI=1S/C30H27N5S/c1-33(2)23-14-16-24(17-15-23)35-29(28(32-30(35)36)26-10-5-6-18-31-26)27-11-7-19-34(27)25-13-12-21-8-3-4-9-22(21)20-25/h3-20,28-29H,1-2H3,(H,32,36)/t28-,29+/m0/s1. The fourth-order valence-electron chi connectivity index (χ4n) is 5.04. The van der Waals surface area contributed by atoms with Crippen molar-refractivity contribution in [2.75, 3.05) is 23.9 Å². The number of nitrogens with zero attached hydrogens (tertiary/aromatic N) is 4. The molecule has 1 aliphatic heterocycles. The van der Waals surface area contributed by atoms with Crippen LogP contribution in [-0.4, -0.2) is 28.8 Å². The third kappa shape index (κ3) is 3.89. The molecule has 1 fully saturated rings. The largest absolute Gasteiger partial charge is 0.378 e. The number of fused-ring (bicyclic) bond motifs is 1. The van der Waals surface area contributed by atoms with Gasteiger partial charge in [-0.3, -0.25) is 4.98 Å². The molecule has 1 saturated heterocycles. The molecule has 0 spiro atoms. The SMILES string of the molecule is CN(C)c1ccc(N2C(=S)N[C@@H](c3ccccn3)[C@H]2c2cccn2-c2ccc3ccccc3c2)cc1. The molecular weight excluding hydrogens is 462 g/mol. The number of thiocarbonyl (C=S) groups is 1. The summed E-state index contributed by atoms with van der Waals surface area (Å²) in [6, 6.07) is 33.7. The van der Waals surface area contributed by atoms with Gasteiger partial charge in [0.15, 0.2) is 5.11 Å². The lowest BCUT2D eigenvalue weighted by atomic mass is 10.0. The molecule has 6 heteroatoms. The highest BCUT2D eigenvalue weighted by atomic mass is 32.1. The molecule has 3 aromatic carbocycles. The minimum absolute atomic E-state index is 0.0842. The van der Waals surface area contributed by atoms with Crippen LogP contribution in [-0.2, 0) is 0 Å². The molecule has 2 atom stereocenters. The molecule has 0 saturated carbocycles. The Morgan fingerprint density at radius 2 is 1.56 bits per heavy atom. The molecule has 5 aromatic rings. The Bertz CT molecular complexity index is 1520. The lowest BCUT2D eigenvalue weighted by Gasteiger charge is -2.29.